The first-order chi connectivity index (χ1) is 20.7. The summed E-state index contributed by atoms with van der Waals surface area (Å²) in [5.41, 5.74) is 6.31. The Bertz CT molecular complexity index is 1640. The second-order valence-corrected chi connectivity index (χ2v) is 12.7. The van der Waals surface area contributed by atoms with Crippen molar-refractivity contribution in [1.82, 2.24) is 9.88 Å². The molecule has 44 heavy (non-hydrogen) atoms. The van der Waals surface area contributed by atoms with E-state index < -0.39 is 35.9 Å². The maximum atomic E-state index is 13.5. The van der Waals surface area contributed by atoms with Crippen molar-refractivity contribution in [3.63, 3.8) is 0 Å². The number of aryl methyl sites for hydroxylation is 2. The van der Waals surface area contributed by atoms with Gasteiger partial charge >= 0.3 is 18.2 Å². The number of halogens is 3. The van der Waals surface area contributed by atoms with E-state index in [1.807, 2.05) is 32.0 Å². The van der Waals surface area contributed by atoms with Gasteiger partial charge in [-0.05, 0) is 110 Å². The van der Waals surface area contributed by atoms with Crippen LogP contribution in [0.15, 0.2) is 60.3 Å². The average molecular weight is 607 g/mol. The molecule has 0 saturated carbocycles. The first-order valence-corrected chi connectivity index (χ1v) is 14.7. The Balaban J connectivity index is 1.47. The van der Waals surface area contributed by atoms with Crippen molar-refractivity contribution in [2.45, 2.75) is 72.2 Å². The number of amides is 1. The fourth-order valence-electron chi connectivity index (χ4n) is 6.38. The van der Waals surface area contributed by atoms with Crippen LogP contribution in [0.4, 0.5) is 18.0 Å². The molecule has 0 spiro atoms. The molecule has 1 aromatic heterocycles. The van der Waals surface area contributed by atoms with E-state index in [2.05, 4.69) is 18.8 Å². The molecular weight excluding hydrogens is 569 g/mol. The van der Waals surface area contributed by atoms with Crippen LogP contribution in [-0.2, 0) is 15.7 Å². The van der Waals surface area contributed by atoms with Crippen LogP contribution in [0.3, 0.4) is 0 Å². The number of carbonyl (C=O) groups is 2. The highest BCUT2D eigenvalue weighted by atomic mass is 19.4. The third-order valence-electron chi connectivity index (χ3n) is 8.71. The van der Waals surface area contributed by atoms with E-state index in [1.165, 1.54) is 7.11 Å². The summed E-state index contributed by atoms with van der Waals surface area (Å²) in [4.78, 5) is 31.4. The zero-order valence-electron chi connectivity index (χ0n) is 25.8. The fraction of sp³-hybridized carbons (Fsp3) is 0.400. The predicted octanol–water partition coefficient (Wildman–Crippen LogP) is 8.72. The number of alkyl halides is 3. The van der Waals surface area contributed by atoms with Gasteiger partial charge in [-0.15, -0.1) is 0 Å². The minimum absolute atomic E-state index is 0.0133. The van der Waals surface area contributed by atoms with Crippen molar-refractivity contribution in [2.75, 3.05) is 13.7 Å². The molecule has 2 heterocycles. The fourth-order valence-corrected chi connectivity index (χ4v) is 6.38. The molecule has 1 fully saturated rings. The molecule has 9 heteroatoms. The van der Waals surface area contributed by atoms with Crippen LogP contribution < -0.4 is 0 Å². The van der Waals surface area contributed by atoms with Crippen LogP contribution in [0, 0.1) is 19.3 Å². The minimum atomic E-state index is -4.50. The third kappa shape index (κ3) is 6.37. The van der Waals surface area contributed by atoms with E-state index in [4.69, 9.17) is 9.47 Å². The standard InChI is InChI=1S/C35H37F3N2O4/c1-20-13-25(16-27(14-20)35(36,37)38)31-22(3)40(33(42)44-31)19-26-18-34(4,5)11-9-29(26)23-10-12-39-30(17-23)28-8-7-24(15-21(28)2)32(41)43-6/h7-8,10,12-17,22,31H,9,11,18-19H2,1-6H3/t22-,31-/m0/s1. The quantitative estimate of drug-likeness (QED) is 0.263. The van der Waals surface area contributed by atoms with Crippen molar-refractivity contribution in [2.24, 2.45) is 5.41 Å². The molecule has 1 aliphatic heterocycles. The molecule has 232 valence electrons. The van der Waals surface area contributed by atoms with Crippen LogP contribution in [0.2, 0.25) is 0 Å². The van der Waals surface area contributed by atoms with Crippen molar-refractivity contribution >= 4 is 17.6 Å². The number of rotatable bonds is 6. The summed E-state index contributed by atoms with van der Waals surface area (Å²) in [6, 6.07) is 12.7. The number of allylic oxidation sites excluding steroid dienone is 1. The van der Waals surface area contributed by atoms with Gasteiger partial charge in [0.15, 0.2) is 0 Å². The Hall–Kier alpha value is -4.14. The van der Waals surface area contributed by atoms with Crippen LogP contribution in [0.5, 0.6) is 0 Å². The number of hydrogen-bond donors (Lipinski definition) is 0. The predicted molar refractivity (Wildman–Crippen MR) is 162 cm³/mol. The summed E-state index contributed by atoms with van der Waals surface area (Å²) in [6.07, 6.45) is -1.55. The topological polar surface area (TPSA) is 68.7 Å². The van der Waals surface area contributed by atoms with Crippen LogP contribution >= 0.6 is 0 Å². The van der Waals surface area contributed by atoms with Gasteiger partial charge in [-0.2, -0.15) is 13.2 Å². The molecule has 0 N–H and O–H groups in total. The number of esters is 1. The maximum Gasteiger partial charge on any atom is 0.416 e. The maximum absolute atomic E-state index is 13.5. The van der Waals surface area contributed by atoms with Crippen LogP contribution in [0.25, 0.3) is 16.8 Å². The highest BCUT2D eigenvalue weighted by molar-refractivity contribution is 5.90. The van der Waals surface area contributed by atoms with E-state index in [9.17, 15) is 22.8 Å². The molecule has 0 bridgehead atoms. The van der Waals surface area contributed by atoms with E-state index in [1.54, 1.807) is 36.2 Å². The number of ether oxygens (including phenoxy) is 2. The first-order valence-electron chi connectivity index (χ1n) is 14.7. The normalized spacial score (nSPS) is 20.1. The van der Waals surface area contributed by atoms with Crippen LogP contribution in [0.1, 0.15) is 84.3 Å². The lowest BCUT2D eigenvalue weighted by molar-refractivity contribution is -0.137. The van der Waals surface area contributed by atoms with E-state index in [-0.39, 0.29) is 5.41 Å². The average Bonchev–Trinajstić information content (AvgIpc) is 3.24. The lowest BCUT2D eigenvalue weighted by Crippen LogP contribution is -2.35. The Kier molecular flexibility index (Phi) is 8.35. The number of hydrogen-bond acceptors (Lipinski definition) is 5. The second-order valence-electron chi connectivity index (χ2n) is 12.7. The molecule has 5 rings (SSSR count). The van der Waals surface area contributed by atoms with Gasteiger partial charge in [-0.25, -0.2) is 9.59 Å². The van der Waals surface area contributed by atoms with Gasteiger partial charge in [-0.3, -0.25) is 9.88 Å². The van der Waals surface area contributed by atoms with Crippen molar-refractivity contribution in [3.05, 3.63) is 93.7 Å². The first kappa shape index (κ1) is 31.3. The second kappa shape index (κ2) is 11.7. The summed E-state index contributed by atoms with van der Waals surface area (Å²) in [6.45, 7) is 10.1. The molecular formula is C35H37F3N2O4. The number of benzene rings is 2. The zero-order chi connectivity index (χ0) is 32.0. The number of aromatic nitrogens is 1. The van der Waals surface area contributed by atoms with E-state index >= 15 is 0 Å². The number of pyridine rings is 1. The van der Waals surface area contributed by atoms with Crippen molar-refractivity contribution in [1.29, 1.82) is 0 Å². The molecule has 6 nitrogen and oxygen atoms in total. The van der Waals surface area contributed by atoms with Gasteiger partial charge in [0.05, 0.1) is 30.0 Å². The molecule has 3 aromatic rings. The Labute approximate surface area is 255 Å². The molecule has 2 atom stereocenters. The largest absolute Gasteiger partial charge is 0.465 e. The number of cyclic esters (lactones) is 1. The molecule has 2 aliphatic rings. The van der Waals surface area contributed by atoms with Crippen molar-refractivity contribution < 1.29 is 32.2 Å². The smallest absolute Gasteiger partial charge is 0.416 e. The Morgan fingerprint density at radius 3 is 2.55 bits per heavy atom. The van der Waals surface area contributed by atoms with Gasteiger partial charge < -0.3 is 9.47 Å². The molecule has 1 saturated heterocycles. The monoisotopic (exact) mass is 606 g/mol. The summed E-state index contributed by atoms with van der Waals surface area (Å²) in [7, 11) is 1.35. The number of methoxy groups -OCH3 is 1. The van der Waals surface area contributed by atoms with Gasteiger partial charge in [0.2, 0.25) is 0 Å². The van der Waals surface area contributed by atoms with Gasteiger partial charge in [0.1, 0.15) is 6.10 Å². The van der Waals surface area contributed by atoms with Gasteiger partial charge in [0, 0.05) is 18.3 Å². The molecule has 0 radical (unpaired) electrons. The lowest BCUT2D eigenvalue weighted by atomic mass is 9.72. The molecule has 1 amide bonds. The SMILES string of the molecule is COC(=O)c1ccc(-c2cc(C3=C(CN4C(=O)O[C@H](c5cc(C)cc(C(F)(F)F)c5)[C@@H]4C)CC(C)(C)CC3)ccn2)c(C)c1. The number of nitrogens with zero attached hydrogens (tertiary/aromatic N) is 2. The zero-order valence-corrected chi connectivity index (χ0v) is 25.8. The van der Waals surface area contributed by atoms with Crippen LogP contribution in [-0.4, -0.2) is 41.6 Å². The third-order valence-corrected chi connectivity index (χ3v) is 8.71. The number of carbonyl (C=O) groups excluding carboxylic acids is 2. The Morgan fingerprint density at radius 1 is 1.11 bits per heavy atom. The summed E-state index contributed by atoms with van der Waals surface area (Å²) >= 11 is 0. The lowest BCUT2D eigenvalue weighted by Gasteiger charge is -2.35. The molecule has 1 aliphatic carbocycles. The van der Waals surface area contributed by atoms with Gasteiger partial charge in [-0.1, -0.05) is 31.5 Å². The summed E-state index contributed by atoms with van der Waals surface area (Å²) in [5.74, 6) is -0.402. The Morgan fingerprint density at radius 2 is 1.86 bits per heavy atom. The van der Waals surface area contributed by atoms with E-state index in [0.29, 0.717) is 23.2 Å². The van der Waals surface area contributed by atoms with Crippen molar-refractivity contribution in [3.8, 4) is 11.3 Å². The minimum Gasteiger partial charge on any atom is -0.465 e. The molecule has 0 unspecified atom stereocenters. The summed E-state index contributed by atoms with van der Waals surface area (Å²) in [5, 5.41) is 0. The van der Waals surface area contributed by atoms with Gasteiger partial charge in [0.25, 0.3) is 0 Å². The summed E-state index contributed by atoms with van der Waals surface area (Å²) < 4.78 is 51.2. The highest BCUT2D eigenvalue weighted by Gasteiger charge is 2.42. The van der Waals surface area contributed by atoms with E-state index in [0.717, 1.165) is 64.9 Å². The molecule has 2 aromatic carbocycles. The highest BCUT2D eigenvalue weighted by Crippen LogP contribution is 2.45.